The van der Waals surface area contributed by atoms with Crippen LogP contribution < -0.4 is 10.1 Å². The highest BCUT2D eigenvalue weighted by Gasteiger charge is 2.35. The summed E-state index contributed by atoms with van der Waals surface area (Å²) in [7, 11) is 1.92. The van der Waals surface area contributed by atoms with Gasteiger partial charge in [0.05, 0.1) is 25.9 Å². The Labute approximate surface area is 107 Å². The van der Waals surface area contributed by atoms with Gasteiger partial charge in [0.25, 0.3) is 0 Å². The van der Waals surface area contributed by atoms with Crippen LogP contribution in [0.2, 0.25) is 0 Å². The van der Waals surface area contributed by atoms with Crippen molar-refractivity contribution in [3.05, 3.63) is 29.3 Å². The van der Waals surface area contributed by atoms with E-state index < -0.39 is 5.79 Å². The maximum atomic E-state index is 5.89. The molecule has 0 amide bonds. The molecule has 0 aromatic heterocycles. The third-order valence-corrected chi connectivity index (χ3v) is 3.74. The molecule has 0 atom stereocenters. The summed E-state index contributed by atoms with van der Waals surface area (Å²) in [5.74, 6) is 0.358. The summed E-state index contributed by atoms with van der Waals surface area (Å²) in [6.07, 6.45) is 0.971. The lowest BCUT2D eigenvalue weighted by atomic mass is 10.0. The summed E-state index contributed by atoms with van der Waals surface area (Å²) in [6, 6.07) is 6.46. The van der Waals surface area contributed by atoms with E-state index in [2.05, 4.69) is 11.4 Å². The zero-order valence-corrected chi connectivity index (χ0v) is 10.9. The fourth-order valence-electron chi connectivity index (χ4n) is 2.41. The molecule has 0 aliphatic carbocycles. The summed E-state index contributed by atoms with van der Waals surface area (Å²) in [4.78, 5) is 0. The van der Waals surface area contributed by atoms with E-state index in [-0.39, 0.29) is 6.04 Å². The van der Waals surface area contributed by atoms with Crippen molar-refractivity contribution in [3.63, 3.8) is 0 Å². The highest BCUT2D eigenvalue weighted by molar-refractivity contribution is 5.41. The van der Waals surface area contributed by atoms with E-state index >= 15 is 0 Å². The molecule has 0 saturated carbocycles. The maximum Gasteiger partial charge on any atom is 0.192 e. The quantitative estimate of drug-likeness (QED) is 0.860. The number of hydrogen-bond donors (Lipinski definition) is 1. The molecule has 1 saturated heterocycles. The summed E-state index contributed by atoms with van der Waals surface area (Å²) in [5, 5.41) is 3.16. The SMILES string of the molecule is CNC1COC(C)(c2ccc3c(c2)CCO3)OC1. The first-order valence-corrected chi connectivity index (χ1v) is 6.43. The van der Waals surface area contributed by atoms with Crippen molar-refractivity contribution in [2.45, 2.75) is 25.2 Å². The highest BCUT2D eigenvalue weighted by Crippen LogP contribution is 2.34. The second-order valence-corrected chi connectivity index (χ2v) is 4.97. The van der Waals surface area contributed by atoms with E-state index in [1.807, 2.05) is 26.1 Å². The molecule has 18 heavy (non-hydrogen) atoms. The Morgan fingerprint density at radius 1 is 1.28 bits per heavy atom. The predicted octanol–water partition coefficient (Wildman–Crippen LogP) is 1.43. The number of ether oxygens (including phenoxy) is 3. The van der Waals surface area contributed by atoms with Crippen LogP contribution in [0.4, 0.5) is 0 Å². The van der Waals surface area contributed by atoms with Crippen molar-refractivity contribution in [2.75, 3.05) is 26.9 Å². The minimum absolute atomic E-state index is 0.274. The largest absolute Gasteiger partial charge is 0.493 e. The van der Waals surface area contributed by atoms with Gasteiger partial charge in [0.15, 0.2) is 5.79 Å². The molecule has 3 rings (SSSR count). The Morgan fingerprint density at radius 3 is 2.78 bits per heavy atom. The van der Waals surface area contributed by atoms with Gasteiger partial charge in [-0.2, -0.15) is 0 Å². The van der Waals surface area contributed by atoms with E-state index in [1.54, 1.807) is 0 Å². The van der Waals surface area contributed by atoms with Crippen molar-refractivity contribution >= 4 is 0 Å². The molecule has 4 heteroatoms. The normalized spacial score (nSPS) is 30.9. The van der Waals surface area contributed by atoms with Crippen LogP contribution in [-0.2, 0) is 21.7 Å². The van der Waals surface area contributed by atoms with Gasteiger partial charge in [-0.25, -0.2) is 0 Å². The second kappa shape index (κ2) is 4.53. The third-order valence-electron chi connectivity index (χ3n) is 3.74. The molecule has 2 aliphatic rings. The first-order valence-electron chi connectivity index (χ1n) is 6.43. The van der Waals surface area contributed by atoms with E-state index in [4.69, 9.17) is 14.2 Å². The number of fused-ring (bicyclic) bond motifs is 1. The van der Waals surface area contributed by atoms with E-state index in [0.717, 1.165) is 24.3 Å². The minimum Gasteiger partial charge on any atom is -0.493 e. The van der Waals surface area contributed by atoms with Crippen molar-refractivity contribution < 1.29 is 14.2 Å². The summed E-state index contributed by atoms with van der Waals surface area (Å²) in [5.41, 5.74) is 2.32. The van der Waals surface area contributed by atoms with Crippen LogP contribution in [0.3, 0.4) is 0 Å². The number of likely N-dealkylation sites (N-methyl/N-ethyl adjacent to an activating group) is 1. The van der Waals surface area contributed by atoms with Gasteiger partial charge in [0.1, 0.15) is 5.75 Å². The number of hydrogen-bond acceptors (Lipinski definition) is 4. The fraction of sp³-hybridized carbons (Fsp3) is 0.571. The second-order valence-electron chi connectivity index (χ2n) is 4.97. The molecular formula is C14H19NO3. The lowest BCUT2D eigenvalue weighted by Crippen LogP contribution is -2.47. The average Bonchev–Trinajstić information content (AvgIpc) is 2.87. The molecule has 1 fully saturated rings. The lowest BCUT2D eigenvalue weighted by molar-refractivity contribution is -0.272. The summed E-state index contributed by atoms with van der Waals surface area (Å²) >= 11 is 0. The van der Waals surface area contributed by atoms with Crippen molar-refractivity contribution in [1.29, 1.82) is 0 Å². The smallest absolute Gasteiger partial charge is 0.192 e. The van der Waals surface area contributed by atoms with E-state index in [1.165, 1.54) is 5.56 Å². The topological polar surface area (TPSA) is 39.7 Å². The first kappa shape index (κ1) is 12.0. The number of rotatable bonds is 2. The van der Waals surface area contributed by atoms with Gasteiger partial charge < -0.3 is 19.5 Å². The van der Waals surface area contributed by atoms with Crippen molar-refractivity contribution in [3.8, 4) is 5.75 Å². The van der Waals surface area contributed by atoms with Crippen LogP contribution in [-0.4, -0.2) is 32.9 Å². The van der Waals surface area contributed by atoms with Gasteiger partial charge in [0.2, 0.25) is 0 Å². The van der Waals surface area contributed by atoms with Gasteiger partial charge in [-0.05, 0) is 37.7 Å². The zero-order valence-electron chi connectivity index (χ0n) is 10.9. The van der Waals surface area contributed by atoms with Crippen LogP contribution in [0.5, 0.6) is 5.75 Å². The molecule has 4 nitrogen and oxygen atoms in total. The number of nitrogens with one attached hydrogen (secondary N) is 1. The number of benzene rings is 1. The van der Waals surface area contributed by atoms with E-state index in [9.17, 15) is 0 Å². The molecule has 0 bridgehead atoms. The fourth-order valence-corrected chi connectivity index (χ4v) is 2.41. The standard InChI is InChI=1S/C14H19NO3/c1-14(17-8-12(15-2)9-18-14)11-3-4-13-10(7-11)5-6-16-13/h3-4,7,12,15H,5-6,8-9H2,1-2H3. The van der Waals surface area contributed by atoms with Crippen molar-refractivity contribution in [1.82, 2.24) is 5.32 Å². The predicted molar refractivity (Wildman–Crippen MR) is 67.7 cm³/mol. The van der Waals surface area contributed by atoms with Gasteiger partial charge >= 0.3 is 0 Å². The molecule has 1 N–H and O–H groups in total. The van der Waals surface area contributed by atoms with Crippen LogP contribution in [0.25, 0.3) is 0 Å². The molecule has 0 radical (unpaired) electrons. The van der Waals surface area contributed by atoms with E-state index in [0.29, 0.717) is 13.2 Å². The van der Waals surface area contributed by atoms with Crippen LogP contribution >= 0.6 is 0 Å². The molecule has 2 aliphatic heterocycles. The van der Waals surface area contributed by atoms with Crippen LogP contribution in [0.15, 0.2) is 18.2 Å². The lowest BCUT2D eigenvalue weighted by Gasteiger charge is -2.38. The maximum absolute atomic E-state index is 5.89. The molecule has 0 unspecified atom stereocenters. The van der Waals surface area contributed by atoms with Gasteiger partial charge in [-0.1, -0.05) is 0 Å². The molecule has 98 valence electrons. The zero-order chi connectivity index (χ0) is 12.6. The molecule has 0 spiro atoms. The molecular weight excluding hydrogens is 230 g/mol. The summed E-state index contributed by atoms with van der Waals surface area (Å²) in [6.45, 7) is 4.09. The molecule has 2 heterocycles. The third kappa shape index (κ3) is 2.00. The van der Waals surface area contributed by atoms with Gasteiger partial charge in [-0.15, -0.1) is 0 Å². The Hall–Kier alpha value is -1.10. The molecule has 1 aromatic rings. The monoisotopic (exact) mass is 249 g/mol. The highest BCUT2D eigenvalue weighted by atomic mass is 16.7. The van der Waals surface area contributed by atoms with Gasteiger partial charge in [0, 0.05) is 12.0 Å². The first-order chi connectivity index (χ1) is 8.71. The Kier molecular flexibility index (Phi) is 3.01. The minimum atomic E-state index is -0.634. The van der Waals surface area contributed by atoms with Gasteiger partial charge in [-0.3, -0.25) is 0 Å². The van der Waals surface area contributed by atoms with Crippen molar-refractivity contribution in [2.24, 2.45) is 0 Å². The Balaban J connectivity index is 1.82. The molecule has 1 aromatic carbocycles. The Bertz CT molecular complexity index is 439. The summed E-state index contributed by atoms with van der Waals surface area (Å²) < 4.78 is 17.3. The van der Waals surface area contributed by atoms with Crippen LogP contribution in [0, 0.1) is 0 Å². The Morgan fingerprint density at radius 2 is 2.06 bits per heavy atom. The average molecular weight is 249 g/mol. The van der Waals surface area contributed by atoms with Crippen LogP contribution in [0.1, 0.15) is 18.1 Å².